The van der Waals surface area contributed by atoms with Gasteiger partial charge in [0, 0.05) is 32.2 Å². The summed E-state index contributed by atoms with van der Waals surface area (Å²) in [5, 5.41) is 3.06. The molecule has 0 aromatic rings. The fraction of sp³-hybridized carbons (Fsp3) is 0.824. The van der Waals surface area contributed by atoms with Gasteiger partial charge >= 0.3 is 6.09 Å². The number of carbonyl (C=O) groups is 3. The third-order valence-electron chi connectivity index (χ3n) is 5.23. The van der Waals surface area contributed by atoms with Crippen molar-refractivity contribution < 1.29 is 19.1 Å². The molecular weight excluding hydrogens is 310 g/mol. The monoisotopic (exact) mass is 337 g/mol. The van der Waals surface area contributed by atoms with E-state index in [0.717, 1.165) is 38.8 Å². The number of amides is 3. The lowest BCUT2D eigenvalue weighted by Gasteiger charge is -2.31. The van der Waals surface area contributed by atoms with Gasteiger partial charge in [-0.25, -0.2) is 4.79 Å². The van der Waals surface area contributed by atoms with Crippen LogP contribution in [-0.4, -0.2) is 66.5 Å². The van der Waals surface area contributed by atoms with Gasteiger partial charge in [0.25, 0.3) is 0 Å². The summed E-state index contributed by atoms with van der Waals surface area (Å²) in [6.45, 7) is 5.06. The summed E-state index contributed by atoms with van der Waals surface area (Å²) in [5.74, 6) is -0.101. The molecule has 2 heterocycles. The van der Waals surface area contributed by atoms with Crippen LogP contribution in [0.5, 0.6) is 0 Å². The highest BCUT2D eigenvalue weighted by Crippen LogP contribution is 2.41. The molecule has 2 unspecified atom stereocenters. The lowest BCUT2D eigenvalue weighted by atomic mass is 10.1. The Labute approximate surface area is 142 Å². The largest absolute Gasteiger partial charge is 0.450 e. The van der Waals surface area contributed by atoms with E-state index in [-0.39, 0.29) is 35.8 Å². The number of nitrogens with zero attached hydrogens (tertiary/aromatic N) is 2. The van der Waals surface area contributed by atoms with Crippen LogP contribution in [0.3, 0.4) is 0 Å². The lowest BCUT2D eigenvalue weighted by Crippen LogP contribution is -2.47. The molecule has 3 aliphatic rings. The first kappa shape index (κ1) is 17.0. The molecule has 2 atom stereocenters. The first-order valence-corrected chi connectivity index (χ1v) is 9.11. The van der Waals surface area contributed by atoms with Crippen molar-refractivity contribution in [2.24, 2.45) is 11.8 Å². The predicted octanol–water partition coefficient (Wildman–Crippen LogP) is 0.982. The summed E-state index contributed by atoms with van der Waals surface area (Å²) >= 11 is 0. The number of hydrogen-bond acceptors (Lipinski definition) is 4. The highest BCUT2D eigenvalue weighted by molar-refractivity contribution is 5.92. The molecule has 0 bridgehead atoms. The Balaban J connectivity index is 1.39. The van der Waals surface area contributed by atoms with E-state index < -0.39 is 0 Å². The Morgan fingerprint density at radius 1 is 1.00 bits per heavy atom. The Morgan fingerprint density at radius 2 is 1.67 bits per heavy atom. The lowest BCUT2D eigenvalue weighted by molar-refractivity contribution is -0.134. The fourth-order valence-electron chi connectivity index (χ4n) is 3.66. The zero-order valence-corrected chi connectivity index (χ0v) is 14.3. The molecular formula is C17H27N3O4. The maximum Gasteiger partial charge on any atom is 0.409 e. The molecule has 0 aromatic carbocycles. The van der Waals surface area contributed by atoms with Crippen LogP contribution in [0.2, 0.25) is 0 Å². The van der Waals surface area contributed by atoms with Crippen molar-refractivity contribution in [3.63, 3.8) is 0 Å². The Bertz CT molecular complexity index is 496. The SMILES string of the molecule is CCOC(=O)N1CCC(NC(=O)C2CC2C(=O)N2CCCC2)CC1. The normalized spacial score (nSPS) is 27.0. The van der Waals surface area contributed by atoms with Crippen molar-refractivity contribution in [3.8, 4) is 0 Å². The summed E-state index contributed by atoms with van der Waals surface area (Å²) < 4.78 is 4.99. The summed E-state index contributed by atoms with van der Waals surface area (Å²) in [7, 11) is 0. The Hall–Kier alpha value is -1.79. The molecule has 0 spiro atoms. The molecule has 3 fully saturated rings. The van der Waals surface area contributed by atoms with Gasteiger partial charge in [-0.2, -0.15) is 0 Å². The average molecular weight is 337 g/mol. The van der Waals surface area contributed by atoms with Crippen LogP contribution in [-0.2, 0) is 14.3 Å². The minimum Gasteiger partial charge on any atom is -0.450 e. The van der Waals surface area contributed by atoms with E-state index in [9.17, 15) is 14.4 Å². The maximum absolute atomic E-state index is 12.3. The second-order valence-corrected chi connectivity index (χ2v) is 6.95. The fourth-order valence-corrected chi connectivity index (χ4v) is 3.66. The van der Waals surface area contributed by atoms with Crippen LogP contribution >= 0.6 is 0 Å². The summed E-state index contributed by atoms with van der Waals surface area (Å²) in [6, 6.07) is 0.0892. The van der Waals surface area contributed by atoms with Crippen molar-refractivity contribution in [2.45, 2.75) is 45.1 Å². The Kier molecular flexibility index (Phi) is 5.26. The van der Waals surface area contributed by atoms with E-state index >= 15 is 0 Å². The molecule has 3 rings (SSSR count). The average Bonchev–Trinajstić information content (AvgIpc) is 3.20. The minimum absolute atomic E-state index is 0.00197. The van der Waals surface area contributed by atoms with Gasteiger partial charge in [0.2, 0.25) is 11.8 Å². The van der Waals surface area contributed by atoms with Gasteiger partial charge < -0.3 is 19.9 Å². The van der Waals surface area contributed by atoms with E-state index in [1.54, 1.807) is 11.8 Å². The molecule has 0 aromatic heterocycles. The molecule has 1 saturated carbocycles. The van der Waals surface area contributed by atoms with Gasteiger partial charge in [0.15, 0.2) is 0 Å². The van der Waals surface area contributed by atoms with E-state index in [0.29, 0.717) is 26.1 Å². The standard InChI is InChI=1S/C17H27N3O4/c1-2-24-17(23)20-9-5-12(6-10-20)18-15(21)13-11-14(13)16(22)19-7-3-4-8-19/h12-14H,2-11H2,1H3,(H,18,21). The van der Waals surface area contributed by atoms with Gasteiger partial charge in [0.05, 0.1) is 18.4 Å². The van der Waals surface area contributed by atoms with Crippen molar-refractivity contribution in [1.29, 1.82) is 0 Å². The number of ether oxygens (including phenoxy) is 1. The van der Waals surface area contributed by atoms with Crippen molar-refractivity contribution in [2.75, 3.05) is 32.8 Å². The summed E-state index contributed by atoms with van der Waals surface area (Å²) in [4.78, 5) is 39.9. The van der Waals surface area contributed by atoms with Crippen LogP contribution in [0.25, 0.3) is 0 Å². The third kappa shape index (κ3) is 3.82. The van der Waals surface area contributed by atoms with E-state index in [1.165, 1.54) is 0 Å². The zero-order chi connectivity index (χ0) is 17.1. The number of piperidine rings is 1. The molecule has 24 heavy (non-hydrogen) atoms. The highest BCUT2D eigenvalue weighted by atomic mass is 16.6. The van der Waals surface area contributed by atoms with Crippen LogP contribution in [0, 0.1) is 11.8 Å². The van der Waals surface area contributed by atoms with Gasteiger partial charge in [-0.15, -0.1) is 0 Å². The second-order valence-electron chi connectivity index (χ2n) is 6.95. The van der Waals surface area contributed by atoms with E-state index in [1.807, 2.05) is 4.90 Å². The molecule has 1 aliphatic carbocycles. The molecule has 1 N–H and O–H groups in total. The molecule has 0 radical (unpaired) electrons. The van der Waals surface area contributed by atoms with Gasteiger partial charge in [-0.05, 0) is 39.0 Å². The molecule has 2 saturated heterocycles. The number of nitrogens with one attached hydrogen (secondary N) is 1. The van der Waals surface area contributed by atoms with Crippen LogP contribution < -0.4 is 5.32 Å². The van der Waals surface area contributed by atoms with E-state index in [2.05, 4.69) is 5.32 Å². The van der Waals surface area contributed by atoms with E-state index in [4.69, 9.17) is 4.74 Å². The number of likely N-dealkylation sites (tertiary alicyclic amines) is 2. The smallest absolute Gasteiger partial charge is 0.409 e. The van der Waals surface area contributed by atoms with Crippen LogP contribution in [0.1, 0.15) is 39.0 Å². The highest BCUT2D eigenvalue weighted by Gasteiger charge is 2.50. The topological polar surface area (TPSA) is 79.0 Å². The third-order valence-corrected chi connectivity index (χ3v) is 5.23. The summed E-state index contributed by atoms with van der Waals surface area (Å²) in [5.41, 5.74) is 0. The molecule has 7 heteroatoms. The molecule has 134 valence electrons. The first-order chi connectivity index (χ1) is 11.6. The van der Waals surface area contributed by atoms with Crippen molar-refractivity contribution in [3.05, 3.63) is 0 Å². The molecule has 7 nitrogen and oxygen atoms in total. The number of carbonyl (C=O) groups excluding carboxylic acids is 3. The van der Waals surface area contributed by atoms with Crippen molar-refractivity contribution in [1.82, 2.24) is 15.1 Å². The minimum atomic E-state index is -0.277. The number of hydrogen-bond donors (Lipinski definition) is 1. The zero-order valence-electron chi connectivity index (χ0n) is 14.3. The second kappa shape index (κ2) is 7.40. The van der Waals surface area contributed by atoms with Gasteiger partial charge in [-0.1, -0.05) is 0 Å². The first-order valence-electron chi connectivity index (χ1n) is 9.11. The van der Waals surface area contributed by atoms with Crippen LogP contribution in [0.15, 0.2) is 0 Å². The summed E-state index contributed by atoms with van der Waals surface area (Å²) in [6.07, 6.45) is 4.04. The molecule has 3 amide bonds. The van der Waals surface area contributed by atoms with Gasteiger partial charge in [0.1, 0.15) is 0 Å². The quantitative estimate of drug-likeness (QED) is 0.829. The van der Waals surface area contributed by atoms with Crippen molar-refractivity contribution >= 4 is 17.9 Å². The van der Waals surface area contributed by atoms with Gasteiger partial charge in [-0.3, -0.25) is 9.59 Å². The maximum atomic E-state index is 12.3. The molecule has 2 aliphatic heterocycles. The Morgan fingerprint density at radius 3 is 2.29 bits per heavy atom. The van der Waals surface area contributed by atoms with Crippen LogP contribution in [0.4, 0.5) is 4.79 Å². The predicted molar refractivity (Wildman–Crippen MR) is 87.2 cm³/mol. The number of rotatable bonds is 4.